The predicted molar refractivity (Wildman–Crippen MR) is 95.2 cm³/mol. The Bertz CT molecular complexity index is 601. The van der Waals surface area contributed by atoms with E-state index in [0.29, 0.717) is 18.2 Å². The molecule has 0 bridgehead atoms. The van der Waals surface area contributed by atoms with Crippen molar-refractivity contribution in [1.82, 2.24) is 5.32 Å². The molecule has 3 nitrogen and oxygen atoms in total. The summed E-state index contributed by atoms with van der Waals surface area (Å²) >= 11 is 5.95. The molecule has 0 aromatic heterocycles. The molecular weight excluding hydrogens is 310 g/mol. The number of benzene rings is 2. The number of nitrogens with one attached hydrogen (secondary N) is 1. The van der Waals surface area contributed by atoms with Crippen LogP contribution in [0.3, 0.4) is 0 Å². The Kier molecular flexibility index (Phi) is 6.90. The van der Waals surface area contributed by atoms with Crippen molar-refractivity contribution < 1.29 is 9.84 Å². The average Bonchev–Trinajstić information content (AvgIpc) is 2.55. The molecule has 4 heteroatoms. The lowest BCUT2D eigenvalue weighted by Gasteiger charge is -2.18. The van der Waals surface area contributed by atoms with Crippen molar-refractivity contribution in [2.75, 3.05) is 13.2 Å². The SMILES string of the molecule is CCOc1ccc(CC(C)NCC(O)c2cccc(Cl)c2)cc1. The van der Waals surface area contributed by atoms with E-state index in [9.17, 15) is 5.11 Å². The smallest absolute Gasteiger partial charge is 0.119 e. The summed E-state index contributed by atoms with van der Waals surface area (Å²) in [6, 6.07) is 15.7. The lowest BCUT2D eigenvalue weighted by atomic mass is 10.1. The second-order valence-electron chi connectivity index (χ2n) is 5.66. The summed E-state index contributed by atoms with van der Waals surface area (Å²) in [7, 11) is 0. The van der Waals surface area contributed by atoms with E-state index in [1.807, 2.05) is 31.2 Å². The Balaban J connectivity index is 1.81. The van der Waals surface area contributed by atoms with Crippen LogP contribution in [0.25, 0.3) is 0 Å². The molecule has 0 fully saturated rings. The van der Waals surface area contributed by atoms with Gasteiger partial charge in [0.2, 0.25) is 0 Å². The van der Waals surface area contributed by atoms with E-state index in [2.05, 4.69) is 24.4 Å². The summed E-state index contributed by atoms with van der Waals surface area (Å²) in [5, 5.41) is 14.2. The molecule has 0 heterocycles. The number of aliphatic hydroxyl groups excluding tert-OH is 1. The zero-order valence-corrected chi connectivity index (χ0v) is 14.4. The van der Waals surface area contributed by atoms with Gasteiger partial charge in [0.25, 0.3) is 0 Å². The van der Waals surface area contributed by atoms with Crippen LogP contribution in [0.1, 0.15) is 31.1 Å². The monoisotopic (exact) mass is 333 g/mol. The maximum atomic E-state index is 10.2. The van der Waals surface area contributed by atoms with E-state index >= 15 is 0 Å². The van der Waals surface area contributed by atoms with Gasteiger partial charge >= 0.3 is 0 Å². The Morgan fingerprint density at radius 3 is 2.57 bits per heavy atom. The molecule has 2 N–H and O–H groups in total. The van der Waals surface area contributed by atoms with Gasteiger partial charge in [-0.2, -0.15) is 0 Å². The summed E-state index contributed by atoms with van der Waals surface area (Å²) in [5.41, 5.74) is 2.07. The number of rotatable bonds is 8. The molecule has 2 atom stereocenters. The molecule has 0 spiro atoms. The van der Waals surface area contributed by atoms with Gasteiger partial charge in [-0.05, 0) is 55.7 Å². The molecule has 2 unspecified atom stereocenters. The Morgan fingerprint density at radius 1 is 1.17 bits per heavy atom. The van der Waals surface area contributed by atoms with E-state index < -0.39 is 6.10 Å². The third kappa shape index (κ3) is 5.87. The molecule has 0 aliphatic heterocycles. The van der Waals surface area contributed by atoms with Gasteiger partial charge in [-0.25, -0.2) is 0 Å². The highest BCUT2D eigenvalue weighted by Gasteiger charge is 2.10. The zero-order valence-electron chi connectivity index (χ0n) is 13.6. The minimum absolute atomic E-state index is 0.266. The fourth-order valence-corrected chi connectivity index (χ4v) is 2.66. The van der Waals surface area contributed by atoms with Gasteiger partial charge in [0.15, 0.2) is 0 Å². The van der Waals surface area contributed by atoms with Gasteiger partial charge in [-0.3, -0.25) is 0 Å². The Labute approximate surface area is 143 Å². The van der Waals surface area contributed by atoms with Crippen LogP contribution < -0.4 is 10.1 Å². The maximum absolute atomic E-state index is 10.2. The summed E-state index contributed by atoms with van der Waals surface area (Å²) in [4.78, 5) is 0. The summed E-state index contributed by atoms with van der Waals surface area (Å²) in [5.74, 6) is 0.897. The van der Waals surface area contributed by atoms with Crippen molar-refractivity contribution in [1.29, 1.82) is 0 Å². The van der Waals surface area contributed by atoms with Gasteiger partial charge in [-0.15, -0.1) is 0 Å². The van der Waals surface area contributed by atoms with Crippen LogP contribution in [0.4, 0.5) is 0 Å². The zero-order chi connectivity index (χ0) is 16.7. The number of hydrogen-bond donors (Lipinski definition) is 2. The van der Waals surface area contributed by atoms with Crippen LogP contribution in [-0.4, -0.2) is 24.3 Å². The van der Waals surface area contributed by atoms with E-state index in [0.717, 1.165) is 17.7 Å². The average molecular weight is 334 g/mol. The highest BCUT2D eigenvalue weighted by atomic mass is 35.5. The quantitative estimate of drug-likeness (QED) is 0.767. The molecular formula is C19H24ClNO2. The maximum Gasteiger partial charge on any atom is 0.119 e. The van der Waals surface area contributed by atoms with Gasteiger partial charge < -0.3 is 15.2 Å². The molecule has 23 heavy (non-hydrogen) atoms. The van der Waals surface area contributed by atoms with Gasteiger partial charge in [0, 0.05) is 17.6 Å². The van der Waals surface area contributed by atoms with Crippen LogP contribution in [0.5, 0.6) is 5.75 Å². The van der Waals surface area contributed by atoms with Crippen molar-refractivity contribution in [3.63, 3.8) is 0 Å². The van der Waals surface area contributed by atoms with Crippen LogP contribution in [0, 0.1) is 0 Å². The first-order valence-corrected chi connectivity index (χ1v) is 8.35. The van der Waals surface area contributed by atoms with Gasteiger partial charge in [0.05, 0.1) is 12.7 Å². The molecule has 0 saturated heterocycles. The van der Waals surface area contributed by atoms with E-state index in [1.54, 1.807) is 12.1 Å². The lowest BCUT2D eigenvalue weighted by Crippen LogP contribution is -2.32. The standard InChI is InChI=1S/C19H24ClNO2/c1-3-23-18-9-7-15(8-10-18)11-14(2)21-13-19(22)16-5-4-6-17(20)12-16/h4-10,12,14,19,21-22H,3,11,13H2,1-2H3. The molecule has 0 radical (unpaired) electrons. The first-order valence-electron chi connectivity index (χ1n) is 7.97. The number of hydrogen-bond acceptors (Lipinski definition) is 3. The van der Waals surface area contributed by atoms with Gasteiger partial charge in [-0.1, -0.05) is 35.9 Å². The fourth-order valence-electron chi connectivity index (χ4n) is 2.46. The minimum Gasteiger partial charge on any atom is -0.494 e. The van der Waals surface area contributed by atoms with E-state index in [4.69, 9.17) is 16.3 Å². The largest absolute Gasteiger partial charge is 0.494 e. The van der Waals surface area contributed by atoms with Crippen LogP contribution in [-0.2, 0) is 6.42 Å². The van der Waals surface area contributed by atoms with Crippen molar-refractivity contribution >= 4 is 11.6 Å². The normalized spacial score (nSPS) is 13.6. The van der Waals surface area contributed by atoms with Crippen molar-refractivity contribution in [3.05, 3.63) is 64.7 Å². The summed E-state index contributed by atoms with van der Waals surface area (Å²) in [6.07, 6.45) is 0.339. The van der Waals surface area contributed by atoms with Crippen molar-refractivity contribution in [2.45, 2.75) is 32.4 Å². The molecule has 0 aliphatic carbocycles. The molecule has 0 amide bonds. The number of ether oxygens (including phenoxy) is 1. The van der Waals surface area contributed by atoms with Crippen molar-refractivity contribution in [3.8, 4) is 5.75 Å². The molecule has 124 valence electrons. The number of halogens is 1. The molecule has 2 rings (SSSR count). The van der Waals surface area contributed by atoms with E-state index in [1.165, 1.54) is 5.56 Å². The van der Waals surface area contributed by atoms with Crippen molar-refractivity contribution in [2.24, 2.45) is 0 Å². The van der Waals surface area contributed by atoms with Crippen LogP contribution in [0.15, 0.2) is 48.5 Å². The molecule has 2 aromatic carbocycles. The first-order chi connectivity index (χ1) is 11.1. The highest BCUT2D eigenvalue weighted by molar-refractivity contribution is 6.30. The van der Waals surface area contributed by atoms with E-state index in [-0.39, 0.29) is 6.04 Å². The third-order valence-corrected chi connectivity index (χ3v) is 3.90. The second-order valence-corrected chi connectivity index (χ2v) is 6.10. The fraction of sp³-hybridized carbons (Fsp3) is 0.368. The first kappa shape index (κ1) is 17.8. The topological polar surface area (TPSA) is 41.5 Å². The van der Waals surface area contributed by atoms with Gasteiger partial charge in [0.1, 0.15) is 5.75 Å². The number of aliphatic hydroxyl groups is 1. The lowest BCUT2D eigenvalue weighted by molar-refractivity contribution is 0.170. The predicted octanol–water partition coefficient (Wildman–Crippen LogP) is 3.99. The second kappa shape index (κ2) is 8.92. The Hall–Kier alpha value is -1.55. The minimum atomic E-state index is -0.559. The molecule has 2 aromatic rings. The van der Waals surface area contributed by atoms with Crippen LogP contribution in [0.2, 0.25) is 5.02 Å². The summed E-state index contributed by atoms with van der Waals surface area (Å²) < 4.78 is 5.44. The summed E-state index contributed by atoms with van der Waals surface area (Å²) in [6.45, 7) is 5.27. The molecule has 0 aliphatic rings. The molecule has 0 saturated carbocycles. The van der Waals surface area contributed by atoms with Crippen LogP contribution >= 0.6 is 11.6 Å². The third-order valence-electron chi connectivity index (χ3n) is 3.67. The highest BCUT2D eigenvalue weighted by Crippen LogP contribution is 2.17. The Morgan fingerprint density at radius 2 is 1.91 bits per heavy atom.